The highest BCUT2D eigenvalue weighted by Crippen LogP contribution is 2.82. The van der Waals surface area contributed by atoms with Crippen LogP contribution < -0.4 is 0 Å². The van der Waals surface area contributed by atoms with Gasteiger partial charge in [0, 0.05) is 5.41 Å². The van der Waals surface area contributed by atoms with Gasteiger partial charge in [-0.15, -0.1) is 0 Å². The Labute approximate surface area is 209 Å². The minimum Gasteiger partial charge on any atom is -0.432 e. The zero-order valence-electron chi connectivity index (χ0n) is 20.9. The van der Waals surface area contributed by atoms with Crippen molar-refractivity contribution in [2.75, 3.05) is 13.2 Å². The highest BCUT2D eigenvalue weighted by Gasteiger charge is 2.85. The van der Waals surface area contributed by atoms with Crippen LogP contribution in [-0.4, -0.2) is 92.9 Å². The highest BCUT2D eigenvalue weighted by molar-refractivity contribution is 5.91. The second kappa shape index (κ2) is 8.56. The molecule has 4 aliphatic carbocycles. The molecule has 10 heteroatoms. The van der Waals surface area contributed by atoms with E-state index in [0.29, 0.717) is 24.8 Å². The summed E-state index contributed by atoms with van der Waals surface area (Å²) in [7, 11) is 0. The van der Waals surface area contributed by atoms with Crippen molar-refractivity contribution >= 4 is 12.3 Å². The monoisotopic (exact) mass is 510 g/mol. The quantitative estimate of drug-likeness (QED) is 0.150. The Morgan fingerprint density at radius 2 is 1.86 bits per heavy atom. The van der Waals surface area contributed by atoms with Crippen molar-refractivity contribution in [3.05, 3.63) is 11.6 Å². The Kier molecular flexibility index (Phi) is 6.23. The van der Waals surface area contributed by atoms with E-state index in [1.807, 2.05) is 26.8 Å². The number of aliphatic hydroxyl groups is 6. The van der Waals surface area contributed by atoms with E-state index in [-0.39, 0.29) is 36.2 Å². The van der Waals surface area contributed by atoms with Gasteiger partial charge in [0.2, 0.25) is 6.29 Å². The molecular formula is C26H38O10. The number of hydrogen-bond acceptors (Lipinski definition) is 10. The first-order valence-electron chi connectivity index (χ1n) is 13.0. The number of carbonyl (C=O) groups excluding carboxylic acids is 2. The number of allylic oxidation sites excluding steroid dienone is 1. The predicted octanol–water partition coefficient (Wildman–Crippen LogP) is -0.867. The molecule has 4 fully saturated rings. The molecule has 0 amide bonds. The van der Waals surface area contributed by atoms with Gasteiger partial charge in [0.1, 0.15) is 36.1 Å². The van der Waals surface area contributed by atoms with Gasteiger partial charge in [0.25, 0.3) is 0 Å². The molecule has 0 aromatic heterocycles. The molecule has 1 saturated heterocycles. The van der Waals surface area contributed by atoms with Gasteiger partial charge >= 0.3 is 5.97 Å². The lowest BCUT2D eigenvalue weighted by molar-refractivity contribution is -0.299. The summed E-state index contributed by atoms with van der Waals surface area (Å²) in [5.74, 6) is -1.70. The number of aldehydes is 1. The topological polar surface area (TPSA) is 174 Å². The maximum absolute atomic E-state index is 14.4. The van der Waals surface area contributed by atoms with Gasteiger partial charge in [0.15, 0.2) is 0 Å². The van der Waals surface area contributed by atoms with Crippen molar-refractivity contribution in [1.29, 1.82) is 0 Å². The zero-order valence-corrected chi connectivity index (χ0v) is 20.9. The Bertz CT molecular complexity index is 949. The molecule has 0 aromatic rings. The lowest BCUT2D eigenvalue weighted by Gasteiger charge is -2.58. The summed E-state index contributed by atoms with van der Waals surface area (Å²) < 4.78 is 11.2. The standard InChI is InChI=1S/C26H38O10/c1-11(2)15-4-13-6-25(10-29)16-5-17(30)12(3)14(16)7-24(13,9-28)26(15,25)23(34)36-22-21(33)20(32)19(31)18(8-27)35-22/h4,10-14,16-22,27-28,30-33H,5-9H2,1-3H3/t12-,13-,14+,16+,17-,18+,19+,20-,21+,22-,24-,25-,26+/m0/s1. The fraction of sp³-hybridized carbons (Fsp3) is 0.846. The molecule has 0 spiro atoms. The Morgan fingerprint density at radius 3 is 2.44 bits per heavy atom. The van der Waals surface area contributed by atoms with E-state index in [0.717, 1.165) is 6.29 Å². The van der Waals surface area contributed by atoms with Crippen LogP contribution in [0.4, 0.5) is 0 Å². The Morgan fingerprint density at radius 1 is 1.17 bits per heavy atom. The van der Waals surface area contributed by atoms with Crippen LogP contribution in [0.25, 0.3) is 0 Å². The van der Waals surface area contributed by atoms with Gasteiger partial charge in [0.05, 0.1) is 24.7 Å². The maximum Gasteiger partial charge on any atom is 0.320 e. The predicted molar refractivity (Wildman–Crippen MR) is 123 cm³/mol. The van der Waals surface area contributed by atoms with Crippen molar-refractivity contribution in [2.45, 2.75) is 76.8 Å². The van der Waals surface area contributed by atoms with E-state index in [9.17, 15) is 40.2 Å². The molecular weight excluding hydrogens is 472 g/mol. The number of ether oxygens (including phenoxy) is 2. The molecule has 0 unspecified atom stereocenters. The molecule has 1 aliphatic heterocycles. The molecule has 3 saturated carbocycles. The largest absolute Gasteiger partial charge is 0.432 e. The third kappa shape index (κ3) is 2.86. The van der Waals surface area contributed by atoms with Crippen LogP contribution in [0.15, 0.2) is 11.6 Å². The lowest BCUT2D eigenvalue weighted by atomic mass is 9.43. The average molecular weight is 511 g/mol. The number of rotatable bonds is 6. The van der Waals surface area contributed by atoms with Crippen LogP contribution in [0.1, 0.15) is 40.0 Å². The van der Waals surface area contributed by atoms with Crippen LogP contribution in [0.5, 0.6) is 0 Å². The van der Waals surface area contributed by atoms with E-state index in [4.69, 9.17) is 9.47 Å². The van der Waals surface area contributed by atoms with Gasteiger partial charge in [-0.05, 0) is 48.9 Å². The van der Waals surface area contributed by atoms with Crippen LogP contribution in [0.2, 0.25) is 0 Å². The summed E-state index contributed by atoms with van der Waals surface area (Å²) in [6.07, 6.45) is -4.74. The molecule has 5 rings (SSSR count). The summed E-state index contributed by atoms with van der Waals surface area (Å²) in [6, 6.07) is 0. The zero-order chi connectivity index (χ0) is 26.4. The van der Waals surface area contributed by atoms with Gasteiger partial charge in [-0.25, -0.2) is 0 Å². The van der Waals surface area contributed by atoms with Crippen LogP contribution in [0.3, 0.4) is 0 Å². The number of aliphatic hydroxyl groups excluding tert-OH is 6. The van der Waals surface area contributed by atoms with Gasteiger partial charge in [-0.2, -0.15) is 0 Å². The summed E-state index contributed by atoms with van der Waals surface area (Å²) in [5, 5.41) is 62.2. The molecule has 6 N–H and O–H groups in total. The number of hydrogen-bond donors (Lipinski definition) is 6. The molecule has 10 nitrogen and oxygen atoms in total. The van der Waals surface area contributed by atoms with Gasteiger partial charge in [-0.1, -0.05) is 32.4 Å². The Balaban J connectivity index is 1.63. The molecule has 13 atom stereocenters. The summed E-state index contributed by atoms with van der Waals surface area (Å²) in [4.78, 5) is 27.6. The van der Waals surface area contributed by atoms with E-state index in [2.05, 4.69) is 0 Å². The fourth-order valence-corrected chi connectivity index (χ4v) is 8.97. The van der Waals surface area contributed by atoms with E-state index in [1.54, 1.807) is 0 Å². The molecule has 202 valence electrons. The second-order valence-corrected chi connectivity index (χ2v) is 12.0. The molecule has 1 heterocycles. The van der Waals surface area contributed by atoms with Crippen LogP contribution in [-0.2, 0) is 19.1 Å². The van der Waals surface area contributed by atoms with E-state index >= 15 is 0 Å². The first kappa shape index (κ1) is 26.2. The van der Waals surface area contributed by atoms with Crippen molar-refractivity contribution < 1.29 is 49.7 Å². The minimum atomic E-state index is -1.79. The first-order valence-corrected chi connectivity index (χ1v) is 13.0. The molecule has 5 aliphatic rings. The number of esters is 1. The maximum atomic E-state index is 14.4. The van der Waals surface area contributed by atoms with Crippen molar-refractivity contribution in [2.24, 2.45) is 45.8 Å². The molecule has 0 aromatic carbocycles. The average Bonchev–Trinajstić information content (AvgIpc) is 3.38. The molecule has 0 radical (unpaired) electrons. The van der Waals surface area contributed by atoms with Crippen molar-refractivity contribution in [1.82, 2.24) is 0 Å². The van der Waals surface area contributed by atoms with Crippen LogP contribution >= 0.6 is 0 Å². The molecule has 36 heavy (non-hydrogen) atoms. The summed E-state index contributed by atoms with van der Waals surface area (Å²) in [6.45, 7) is 4.73. The van der Waals surface area contributed by atoms with Crippen molar-refractivity contribution in [3.8, 4) is 0 Å². The second-order valence-electron chi connectivity index (χ2n) is 12.0. The van der Waals surface area contributed by atoms with Crippen molar-refractivity contribution in [3.63, 3.8) is 0 Å². The Hall–Kier alpha value is -1.40. The third-order valence-electron chi connectivity index (χ3n) is 10.6. The number of fused-ring (bicyclic) bond motifs is 2. The number of carbonyl (C=O) groups is 2. The minimum absolute atomic E-state index is 0.0598. The SMILES string of the molecule is CC(C)C1=C[C@H]2C[C@]3(C=O)[C@@H]4C[C@H](O)[C@@H](C)[C@H]4C[C@@]2(CO)[C@]13C(=O)O[C@@H]1O[C@H](CO)[C@@H](O)[C@H](O)[C@H]1O. The lowest BCUT2D eigenvalue weighted by Crippen LogP contribution is -2.65. The first-order chi connectivity index (χ1) is 17.0. The highest BCUT2D eigenvalue weighted by atomic mass is 16.7. The van der Waals surface area contributed by atoms with Crippen LogP contribution in [0, 0.1) is 45.8 Å². The molecule has 4 bridgehead atoms. The smallest absolute Gasteiger partial charge is 0.320 e. The van der Waals surface area contributed by atoms with E-state index in [1.165, 1.54) is 0 Å². The van der Waals surface area contributed by atoms with Gasteiger partial charge < -0.3 is 44.9 Å². The third-order valence-corrected chi connectivity index (χ3v) is 10.6. The summed E-state index contributed by atoms with van der Waals surface area (Å²) in [5.41, 5.74) is -3.10. The summed E-state index contributed by atoms with van der Waals surface area (Å²) >= 11 is 0. The fourth-order valence-electron chi connectivity index (χ4n) is 8.97. The normalized spacial score (nSPS) is 53.3. The van der Waals surface area contributed by atoms with Gasteiger partial charge in [-0.3, -0.25) is 4.79 Å². The van der Waals surface area contributed by atoms with E-state index < -0.39 is 65.6 Å².